The van der Waals surface area contributed by atoms with Crippen LogP contribution in [0.15, 0.2) is 24.5 Å². The molecule has 7 heteroatoms. The molecule has 0 aliphatic carbocycles. The number of carboxylic acid groups (broad SMARTS) is 1. The Labute approximate surface area is 125 Å². The Bertz CT molecular complexity index is 531. The van der Waals surface area contributed by atoms with E-state index in [9.17, 15) is 13.2 Å². The highest BCUT2D eigenvalue weighted by Crippen LogP contribution is 2.09. The van der Waals surface area contributed by atoms with Crippen molar-refractivity contribution in [1.29, 1.82) is 0 Å². The highest BCUT2D eigenvalue weighted by atomic mass is 32.2. The highest BCUT2D eigenvalue weighted by molar-refractivity contribution is 7.89. The van der Waals surface area contributed by atoms with Crippen molar-refractivity contribution in [3.63, 3.8) is 0 Å². The Morgan fingerprint density at radius 2 is 2.00 bits per heavy atom. The zero-order chi connectivity index (χ0) is 15.7. The predicted octanol–water partition coefficient (Wildman–Crippen LogP) is 1.43. The summed E-state index contributed by atoms with van der Waals surface area (Å²) in [6.07, 6.45) is 5.05. The number of rotatable bonds is 10. The van der Waals surface area contributed by atoms with Crippen molar-refractivity contribution in [2.75, 3.05) is 12.3 Å². The van der Waals surface area contributed by atoms with E-state index in [0.29, 0.717) is 25.8 Å². The molecule has 0 radical (unpaired) electrons. The molecular formula is C14H22N2O4S. The molecule has 0 saturated heterocycles. The molecule has 0 aliphatic heterocycles. The highest BCUT2D eigenvalue weighted by Gasteiger charge is 2.11. The molecular weight excluding hydrogens is 292 g/mol. The van der Waals surface area contributed by atoms with Crippen LogP contribution in [0.2, 0.25) is 0 Å². The summed E-state index contributed by atoms with van der Waals surface area (Å²) in [5.41, 5.74) is 0.935. The van der Waals surface area contributed by atoms with Crippen molar-refractivity contribution in [3.8, 4) is 0 Å². The van der Waals surface area contributed by atoms with Gasteiger partial charge in [0.1, 0.15) is 0 Å². The second-order valence-corrected chi connectivity index (χ2v) is 7.07. The summed E-state index contributed by atoms with van der Waals surface area (Å²) < 4.78 is 26.2. The second-order valence-electron chi connectivity index (χ2n) is 5.14. The summed E-state index contributed by atoms with van der Waals surface area (Å²) >= 11 is 0. The van der Waals surface area contributed by atoms with E-state index >= 15 is 0 Å². The van der Waals surface area contributed by atoms with E-state index < -0.39 is 16.0 Å². The number of carbonyl (C=O) groups is 1. The number of hydrogen-bond donors (Lipinski definition) is 2. The van der Waals surface area contributed by atoms with Crippen molar-refractivity contribution in [2.45, 2.75) is 32.6 Å². The first-order valence-corrected chi connectivity index (χ1v) is 8.62. The predicted molar refractivity (Wildman–Crippen MR) is 80.4 cm³/mol. The lowest BCUT2D eigenvalue weighted by Gasteiger charge is -2.11. The zero-order valence-corrected chi connectivity index (χ0v) is 13.0. The van der Waals surface area contributed by atoms with Crippen LogP contribution in [0.3, 0.4) is 0 Å². The Kier molecular flexibility index (Phi) is 7.31. The van der Waals surface area contributed by atoms with Gasteiger partial charge in [0.2, 0.25) is 10.0 Å². The number of pyridine rings is 1. The first-order valence-electron chi connectivity index (χ1n) is 6.97. The summed E-state index contributed by atoms with van der Waals surface area (Å²) in [7, 11) is -3.29. The third kappa shape index (κ3) is 8.41. The molecule has 1 rings (SSSR count). The topological polar surface area (TPSA) is 96.4 Å². The normalized spacial score (nSPS) is 13.0. The molecule has 0 aliphatic rings. The Hall–Kier alpha value is -1.47. The maximum Gasteiger partial charge on any atom is 0.303 e. The first kappa shape index (κ1) is 17.6. The summed E-state index contributed by atoms with van der Waals surface area (Å²) in [5.74, 6) is -0.593. The standard InChI is InChI=1S/C14H22N2O4S/c1-12(2-3-14(17)18)4-10-16-21(19,20)11-7-13-5-8-15-9-6-13/h5-6,8-9,12,16H,2-4,7,10-11H2,1H3,(H,17,18). The molecule has 0 spiro atoms. The van der Waals surface area contributed by atoms with Gasteiger partial charge in [-0.1, -0.05) is 6.92 Å². The van der Waals surface area contributed by atoms with Gasteiger partial charge < -0.3 is 5.11 Å². The smallest absolute Gasteiger partial charge is 0.303 e. The molecule has 0 aromatic carbocycles. The SMILES string of the molecule is CC(CCNS(=O)(=O)CCc1ccncc1)CCC(=O)O. The molecule has 0 fully saturated rings. The van der Waals surface area contributed by atoms with Crippen LogP contribution in [0.5, 0.6) is 0 Å². The van der Waals surface area contributed by atoms with Gasteiger partial charge in [0.25, 0.3) is 0 Å². The van der Waals surface area contributed by atoms with E-state index in [0.717, 1.165) is 5.56 Å². The van der Waals surface area contributed by atoms with Gasteiger partial charge in [-0.25, -0.2) is 13.1 Å². The lowest BCUT2D eigenvalue weighted by Crippen LogP contribution is -2.29. The Morgan fingerprint density at radius 3 is 2.62 bits per heavy atom. The second kappa shape index (κ2) is 8.74. The van der Waals surface area contributed by atoms with Gasteiger partial charge in [-0.2, -0.15) is 0 Å². The maximum atomic E-state index is 11.8. The minimum absolute atomic E-state index is 0.0422. The Balaban J connectivity index is 2.25. The monoisotopic (exact) mass is 314 g/mol. The number of aryl methyl sites for hydroxylation is 1. The molecule has 0 saturated carbocycles. The fourth-order valence-electron chi connectivity index (χ4n) is 1.85. The average Bonchev–Trinajstić information content (AvgIpc) is 2.44. The van der Waals surface area contributed by atoms with E-state index in [1.807, 2.05) is 6.92 Å². The van der Waals surface area contributed by atoms with Gasteiger partial charge in [-0.15, -0.1) is 0 Å². The average molecular weight is 314 g/mol. The van der Waals surface area contributed by atoms with Gasteiger partial charge in [0, 0.05) is 25.4 Å². The van der Waals surface area contributed by atoms with Crippen LogP contribution < -0.4 is 4.72 Å². The molecule has 0 bridgehead atoms. The van der Waals surface area contributed by atoms with Gasteiger partial charge in [-0.3, -0.25) is 9.78 Å². The zero-order valence-electron chi connectivity index (χ0n) is 12.2. The van der Waals surface area contributed by atoms with E-state index in [2.05, 4.69) is 9.71 Å². The third-order valence-electron chi connectivity index (χ3n) is 3.22. The summed E-state index contributed by atoms with van der Waals surface area (Å²) in [5, 5.41) is 8.58. The summed E-state index contributed by atoms with van der Waals surface area (Å²) in [4.78, 5) is 14.3. The minimum Gasteiger partial charge on any atom is -0.481 e. The minimum atomic E-state index is -3.29. The lowest BCUT2D eigenvalue weighted by molar-refractivity contribution is -0.137. The van der Waals surface area contributed by atoms with Crippen LogP contribution in [0.4, 0.5) is 0 Å². The Morgan fingerprint density at radius 1 is 1.33 bits per heavy atom. The van der Waals surface area contributed by atoms with E-state index in [4.69, 9.17) is 5.11 Å². The fraction of sp³-hybridized carbons (Fsp3) is 0.571. The number of aromatic nitrogens is 1. The number of hydrogen-bond acceptors (Lipinski definition) is 4. The molecule has 1 heterocycles. The van der Waals surface area contributed by atoms with Gasteiger partial charge in [-0.05, 0) is 42.9 Å². The third-order valence-corrected chi connectivity index (χ3v) is 4.60. The molecule has 2 N–H and O–H groups in total. The van der Waals surface area contributed by atoms with Crippen LogP contribution in [-0.2, 0) is 21.2 Å². The molecule has 1 unspecified atom stereocenters. The van der Waals surface area contributed by atoms with E-state index in [1.54, 1.807) is 24.5 Å². The quantitative estimate of drug-likeness (QED) is 0.681. The number of nitrogens with zero attached hydrogens (tertiary/aromatic N) is 1. The van der Waals surface area contributed by atoms with Crippen molar-refractivity contribution < 1.29 is 18.3 Å². The maximum absolute atomic E-state index is 11.8. The number of nitrogens with one attached hydrogen (secondary N) is 1. The van der Waals surface area contributed by atoms with Gasteiger partial charge in [0.15, 0.2) is 0 Å². The summed E-state index contributed by atoms with van der Waals surface area (Å²) in [6, 6.07) is 3.59. The molecule has 0 amide bonds. The van der Waals surface area contributed by atoms with Crippen molar-refractivity contribution in [2.24, 2.45) is 5.92 Å². The number of carboxylic acids is 1. The van der Waals surface area contributed by atoms with Crippen molar-refractivity contribution in [1.82, 2.24) is 9.71 Å². The van der Waals surface area contributed by atoms with Crippen LogP contribution in [0, 0.1) is 5.92 Å². The number of sulfonamides is 1. The first-order chi connectivity index (χ1) is 9.89. The van der Waals surface area contributed by atoms with Crippen LogP contribution >= 0.6 is 0 Å². The van der Waals surface area contributed by atoms with Crippen LogP contribution in [0.25, 0.3) is 0 Å². The van der Waals surface area contributed by atoms with Crippen LogP contribution in [-0.4, -0.2) is 36.8 Å². The molecule has 21 heavy (non-hydrogen) atoms. The molecule has 118 valence electrons. The van der Waals surface area contributed by atoms with Gasteiger partial charge >= 0.3 is 5.97 Å². The van der Waals surface area contributed by atoms with E-state index in [1.165, 1.54) is 0 Å². The van der Waals surface area contributed by atoms with Crippen molar-refractivity contribution >= 4 is 16.0 Å². The molecule has 1 atom stereocenters. The largest absolute Gasteiger partial charge is 0.481 e. The van der Waals surface area contributed by atoms with E-state index in [-0.39, 0.29) is 18.1 Å². The lowest BCUT2D eigenvalue weighted by atomic mass is 10.0. The van der Waals surface area contributed by atoms with Gasteiger partial charge in [0.05, 0.1) is 5.75 Å². The molecule has 1 aromatic heterocycles. The van der Waals surface area contributed by atoms with Crippen molar-refractivity contribution in [3.05, 3.63) is 30.1 Å². The summed E-state index contributed by atoms with van der Waals surface area (Å²) in [6.45, 7) is 2.27. The molecule has 1 aromatic rings. The number of aliphatic carboxylic acids is 1. The van der Waals surface area contributed by atoms with Crippen LogP contribution in [0.1, 0.15) is 31.7 Å². The fourth-order valence-corrected chi connectivity index (χ4v) is 2.93. The molecule has 6 nitrogen and oxygen atoms in total.